The maximum Gasteiger partial charge on any atom is 0.226 e. The van der Waals surface area contributed by atoms with Crippen molar-refractivity contribution < 1.29 is 19.1 Å². The number of nitrogens with one attached hydrogen (secondary N) is 1. The van der Waals surface area contributed by atoms with Crippen LogP contribution in [0.2, 0.25) is 0 Å². The molecule has 6 nitrogen and oxygen atoms in total. The number of hydrogen-bond acceptors (Lipinski definition) is 4. The normalized spacial score (nSPS) is 10.3. The van der Waals surface area contributed by atoms with E-state index in [9.17, 15) is 9.59 Å². The average Bonchev–Trinajstić information content (AvgIpc) is 2.64. The lowest BCUT2D eigenvalue weighted by Gasteiger charge is -2.22. The second-order valence-electron chi connectivity index (χ2n) is 6.31. The molecule has 2 aromatic carbocycles. The number of carbonyl (C=O) groups is 2. The highest BCUT2D eigenvalue weighted by Gasteiger charge is 2.15. The molecule has 0 fully saturated rings. The zero-order valence-corrected chi connectivity index (χ0v) is 16.5. The van der Waals surface area contributed by atoms with Crippen LogP contribution in [0.1, 0.15) is 24.5 Å². The lowest BCUT2D eigenvalue weighted by atomic mass is 10.1. The van der Waals surface area contributed by atoms with Crippen LogP contribution in [0.3, 0.4) is 0 Å². The highest BCUT2D eigenvalue weighted by Crippen LogP contribution is 2.29. The molecule has 0 saturated heterocycles. The molecule has 6 heteroatoms. The fourth-order valence-corrected chi connectivity index (χ4v) is 2.71. The molecule has 0 heterocycles. The average molecular weight is 370 g/mol. The van der Waals surface area contributed by atoms with Crippen LogP contribution >= 0.6 is 0 Å². The molecule has 0 spiro atoms. The minimum Gasteiger partial charge on any atom is -0.493 e. The van der Waals surface area contributed by atoms with Gasteiger partial charge in [-0.3, -0.25) is 9.59 Å². The van der Waals surface area contributed by atoms with Crippen LogP contribution in [-0.2, 0) is 9.59 Å². The van der Waals surface area contributed by atoms with Crippen LogP contribution in [0.25, 0.3) is 0 Å². The van der Waals surface area contributed by atoms with Gasteiger partial charge in [0.05, 0.1) is 14.2 Å². The summed E-state index contributed by atoms with van der Waals surface area (Å²) in [6.45, 7) is 5.83. The third kappa shape index (κ3) is 5.23. The highest BCUT2D eigenvalue weighted by molar-refractivity contribution is 5.95. The first-order chi connectivity index (χ1) is 12.8. The highest BCUT2D eigenvalue weighted by atomic mass is 16.5. The summed E-state index contributed by atoms with van der Waals surface area (Å²) in [5.41, 5.74) is 3.67. The van der Waals surface area contributed by atoms with E-state index in [1.165, 1.54) is 14.0 Å². The van der Waals surface area contributed by atoms with Crippen LogP contribution in [0.15, 0.2) is 36.4 Å². The lowest BCUT2D eigenvalue weighted by Crippen LogP contribution is -2.32. The Morgan fingerprint density at radius 1 is 0.963 bits per heavy atom. The second-order valence-corrected chi connectivity index (χ2v) is 6.31. The van der Waals surface area contributed by atoms with Gasteiger partial charge in [0.2, 0.25) is 11.8 Å². The number of amides is 2. The summed E-state index contributed by atoms with van der Waals surface area (Å²) in [6, 6.07) is 11.0. The van der Waals surface area contributed by atoms with Gasteiger partial charge < -0.3 is 19.7 Å². The molecule has 2 aromatic rings. The van der Waals surface area contributed by atoms with Crippen molar-refractivity contribution in [2.45, 2.75) is 27.2 Å². The van der Waals surface area contributed by atoms with Gasteiger partial charge in [0.25, 0.3) is 0 Å². The summed E-state index contributed by atoms with van der Waals surface area (Å²) in [5, 5.41) is 2.82. The third-order valence-corrected chi connectivity index (χ3v) is 4.41. The monoisotopic (exact) mass is 370 g/mol. The molecule has 27 heavy (non-hydrogen) atoms. The van der Waals surface area contributed by atoms with Crippen molar-refractivity contribution in [3.8, 4) is 11.5 Å². The van der Waals surface area contributed by atoms with Gasteiger partial charge >= 0.3 is 0 Å². The number of hydrogen-bond donors (Lipinski definition) is 1. The number of carbonyl (C=O) groups excluding carboxylic acids is 2. The maximum atomic E-state index is 12.3. The van der Waals surface area contributed by atoms with Crippen molar-refractivity contribution in [1.82, 2.24) is 0 Å². The molecule has 1 N–H and O–H groups in total. The van der Waals surface area contributed by atoms with Crippen molar-refractivity contribution in [2.24, 2.45) is 0 Å². The molecule has 0 radical (unpaired) electrons. The van der Waals surface area contributed by atoms with Crippen LogP contribution in [0.4, 0.5) is 11.4 Å². The molecule has 0 atom stereocenters. The first-order valence-corrected chi connectivity index (χ1v) is 8.73. The molecule has 144 valence electrons. The van der Waals surface area contributed by atoms with Crippen LogP contribution in [0, 0.1) is 13.8 Å². The van der Waals surface area contributed by atoms with Gasteiger partial charge in [0.1, 0.15) is 0 Å². The zero-order valence-electron chi connectivity index (χ0n) is 16.5. The second kappa shape index (κ2) is 9.07. The largest absolute Gasteiger partial charge is 0.493 e. The molecular formula is C21H26N2O4. The smallest absolute Gasteiger partial charge is 0.226 e. The number of nitrogens with zero attached hydrogens (tertiary/aromatic N) is 1. The predicted octanol–water partition coefficient (Wildman–Crippen LogP) is 3.70. The van der Waals surface area contributed by atoms with Gasteiger partial charge in [-0.1, -0.05) is 6.07 Å². The van der Waals surface area contributed by atoms with E-state index in [-0.39, 0.29) is 18.2 Å². The van der Waals surface area contributed by atoms with E-state index < -0.39 is 0 Å². The summed E-state index contributed by atoms with van der Waals surface area (Å²) >= 11 is 0. The van der Waals surface area contributed by atoms with E-state index in [2.05, 4.69) is 5.32 Å². The van der Waals surface area contributed by atoms with Gasteiger partial charge in [0, 0.05) is 37.3 Å². The maximum absolute atomic E-state index is 12.3. The summed E-state index contributed by atoms with van der Waals surface area (Å²) in [4.78, 5) is 26.0. The Hall–Kier alpha value is -3.02. The zero-order chi connectivity index (χ0) is 20.0. The van der Waals surface area contributed by atoms with E-state index in [0.29, 0.717) is 23.7 Å². The number of ether oxygens (including phenoxy) is 2. The molecule has 2 amide bonds. The van der Waals surface area contributed by atoms with Crippen molar-refractivity contribution in [2.75, 3.05) is 31.0 Å². The quantitative estimate of drug-likeness (QED) is 0.807. The molecule has 2 rings (SSSR count). The molecule has 0 saturated carbocycles. The number of anilines is 2. The van der Waals surface area contributed by atoms with Crippen molar-refractivity contribution in [3.63, 3.8) is 0 Å². The molecule has 0 aliphatic heterocycles. The third-order valence-electron chi connectivity index (χ3n) is 4.41. The molecule has 0 unspecified atom stereocenters. The first-order valence-electron chi connectivity index (χ1n) is 8.73. The Morgan fingerprint density at radius 2 is 1.67 bits per heavy atom. The number of benzene rings is 2. The lowest BCUT2D eigenvalue weighted by molar-refractivity contribution is -0.117. The Balaban J connectivity index is 2.04. The SMILES string of the molecule is COc1ccc(NC(=O)CCN(C(C)=O)c2ccc(C)c(C)c2)cc1OC. The van der Waals surface area contributed by atoms with E-state index >= 15 is 0 Å². The summed E-state index contributed by atoms with van der Waals surface area (Å²) in [5.74, 6) is 0.846. The Labute approximate surface area is 160 Å². The molecule has 0 aromatic heterocycles. The van der Waals surface area contributed by atoms with Crippen molar-refractivity contribution in [3.05, 3.63) is 47.5 Å². The molecule has 0 aliphatic carbocycles. The summed E-state index contributed by atoms with van der Waals surface area (Å²) < 4.78 is 10.4. The number of rotatable bonds is 7. The fraction of sp³-hybridized carbons (Fsp3) is 0.333. The molecule has 0 bridgehead atoms. The topological polar surface area (TPSA) is 67.9 Å². The minimum absolute atomic E-state index is 0.0998. The summed E-state index contributed by atoms with van der Waals surface area (Å²) in [7, 11) is 3.09. The van der Waals surface area contributed by atoms with Crippen LogP contribution in [-0.4, -0.2) is 32.6 Å². The fourth-order valence-electron chi connectivity index (χ4n) is 2.71. The van der Waals surface area contributed by atoms with Crippen molar-refractivity contribution in [1.29, 1.82) is 0 Å². The first kappa shape index (κ1) is 20.3. The Morgan fingerprint density at radius 3 is 2.26 bits per heavy atom. The Kier molecular flexibility index (Phi) is 6.82. The Bertz CT molecular complexity index is 833. The van der Waals surface area contributed by atoms with Gasteiger partial charge in [0.15, 0.2) is 11.5 Å². The van der Waals surface area contributed by atoms with Crippen LogP contribution < -0.4 is 19.7 Å². The summed E-state index contributed by atoms with van der Waals surface area (Å²) in [6.07, 6.45) is 0.181. The van der Waals surface area contributed by atoms with Crippen LogP contribution in [0.5, 0.6) is 11.5 Å². The molecule has 0 aliphatic rings. The van der Waals surface area contributed by atoms with Gasteiger partial charge in [-0.15, -0.1) is 0 Å². The van der Waals surface area contributed by atoms with Gasteiger partial charge in [-0.25, -0.2) is 0 Å². The van der Waals surface area contributed by atoms with E-state index in [4.69, 9.17) is 9.47 Å². The molecular weight excluding hydrogens is 344 g/mol. The van der Waals surface area contributed by atoms with E-state index in [0.717, 1.165) is 16.8 Å². The van der Waals surface area contributed by atoms with E-state index in [1.807, 2.05) is 32.0 Å². The standard InChI is InChI=1S/C21H26N2O4/c1-14-6-8-18(12-15(14)2)23(16(3)24)11-10-21(25)22-17-7-9-19(26-4)20(13-17)27-5/h6-9,12-13H,10-11H2,1-5H3,(H,22,25). The number of aryl methyl sites for hydroxylation is 2. The predicted molar refractivity (Wildman–Crippen MR) is 107 cm³/mol. The van der Waals surface area contributed by atoms with Gasteiger partial charge in [-0.2, -0.15) is 0 Å². The van der Waals surface area contributed by atoms with Crippen molar-refractivity contribution >= 4 is 23.2 Å². The van der Waals surface area contributed by atoms with E-state index in [1.54, 1.807) is 30.2 Å². The number of methoxy groups -OCH3 is 2. The van der Waals surface area contributed by atoms with Gasteiger partial charge in [-0.05, 0) is 49.2 Å². The minimum atomic E-state index is -0.183.